The first-order valence-corrected chi connectivity index (χ1v) is 10.7. The van der Waals surface area contributed by atoms with Gasteiger partial charge in [0.1, 0.15) is 0 Å². The van der Waals surface area contributed by atoms with E-state index in [4.69, 9.17) is 5.11 Å². The van der Waals surface area contributed by atoms with Crippen LogP contribution in [0, 0.1) is 29.1 Å². The fourth-order valence-electron chi connectivity index (χ4n) is 7.28. The van der Waals surface area contributed by atoms with Gasteiger partial charge in [0.2, 0.25) is 0 Å². The highest BCUT2D eigenvalue weighted by Gasteiger charge is 2.62. The molecule has 2 N–H and O–H groups in total. The lowest BCUT2D eigenvalue weighted by atomic mass is 9.50. The molecule has 0 saturated heterocycles. The molecule has 0 aliphatic heterocycles. The summed E-state index contributed by atoms with van der Waals surface area (Å²) in [5, 5.41) is 20.8. The molecular weight excluding hydrogens is 324 g/mol. The number of hydrogen-bond acceptors (Lipinski definition) is 3. The van der Waals surface area contributed by atoms with Crippen molar-refractivity contribution in [2.75, 3.05) is 6.61 Å². The number of aliphatic hydroxyl groups is 2. The van der Waals surface area contributed by atoms with Gasteiger partial charge < -0.3 is 10.2 Å². The predicted octanol–water partition coefficient (Wildman–Crippen LogP) is 4.19. The maximum atomic E-state index is 11.8. The van der Waals surface area contributed by atoms with Crippen LogP contribution in [0.15, 0.2) is 23.8 Å². The highest BCUT2D eigenvalue weighted by molar-refractivity contribution is 5.91. The van der Waals surface area contributed by atoms with E-state index in [1.807, 2.05) is 6.08 Å². The predicted molar refractivity (Wildman–Crippen MR) is 103 cm³/mol. The summed E-state index contributed by atoms with van der Waals surface area (Å²) in [4.78, 5) is 11.8. The number of rotatable bonds is 4. The van der Waals surface area contributed by atoms with E-state index in [9.17, 15) is 9.90 Å². The molecule has 4 rings (SSSR count). The Bertz CT molecular complexity index is 635. The fourth-order valence-corrected chi connectivity index (χ4v) is 7.28. The van der Waals surface area contributed by atoms with Crippen LogP contribution in [0.4, 0.5) is 0 Å². The van der Waals surface area contributed by atoms with Gasteiger partial charge in [-0.3, -0.25) is 4.79 Å². The van der Waals surface area contributed by atoms with Gasteiger partial charge in [-0.1, -0.05) is 19.1 Å². The van der Waals surface area contributed by atoms with Crippen LogP contribution >= 0.6 is 0 Å². The lowest BCUT2D eigenvalue weighted by Gasteiger charge is -2.56. The molecule has 4 aliphatic rings. The molecule has 0 unspecified atom stereocenters. The third kappa shape index (κ3) is 2.57. The van der Waals surface area contributed by atoms with Gasteiger partial charge in [-0.2, -0.15) is 0 Å². The van der Waals surface area contributed by atoms with Crippen LogP contribution in [0.2, 0.25) is 0 Å². The van der Waals surface area contributed by atoms with E-state index in [2.05, 4.69) is 13.5 Å². The second kappa shape index (κ2) is 6.60. The van der Waals surface area contributed by atoms with Gasteiger partial charge in [-0.25, -0.2) is 0 Å². The third-order valence-electron chi connectivity index (χ3n) is 8.67. The van der Waals surface area contributed by atoms with E-state index in [1.165, 1.54) is 18.4 Å². The van der Waals surface area contributed by atoms with Crippen molar-refractivity contribution in [3.63, 3.8) is 0 Å². The molecule has 0 heterocycles. The molecule has 0 aromatic heterocycles. The van der Waals surface area contributed by atoms with Crippen LogP contribution in [0.5, 0.6) is 0 Å². The summed E-state index contributed by atoms with van der Waals surface area (Å²) in [6.07, 6.45) is 11.6. The summed E-state index contributed by atoms with van der Waals surface area (Å²) < 4.78 is 0. The van der Waals surface area contributed by atoms with Crippen molar-refractivity contribution in [1.29, 1.82) is 0 Å². The van der Waals surface area contributed by atoms with Gasteiger partial charge in [0.05, 0.1) is 5.60 Å². The Morgan fingerprint density at radius 3 is 2.77 bits per heavy atom. The first kappa shape index (κ1) is 18.4. The summed E-state index contributed by atoms with van der Waals surface area (Å²) >= 11 is 0. The van der Waals surface area contributed by atoms with Gasteiger partial charge in [0, 0.05) is 18.4 Å². The minimum atomic E-state index is -0.767. The van der Waals surface area contributed by atoms with Crippen LogP contribution < -0.4 is 0 Å². The highest BCUT2D eigenvalue weighted by atomic mass is 16.3. The SMILES string of the molecule is C=C(CCCO)[C@]1(O)CC[C@H]2[C@@H]3CCC4=CC(=O)CC[C@@H]4[C@H]3CC[C@@]21C. The Morgan fingerprint density at radius 2 is 2.00 bits per heavy atom. The fraction of sp³-hybridized carbons (Fsp3) is 0.783. The van der Waals surface area contributed by atoms with Crippen molar-refractivity contribution < 1.29 is 15.0 Å². The Kier molecular flexibility index (Phi) is 4.68. The zero-order chi connectivity index (χ0) is 18.5. The van der Waals surface area contributed by atoms with Crippen LogP contribution in [0.3, 0.4) is 0 Å². The van der Waals surface area contributed by atoms with Crippen molar-refractivity contribution in [3.05, 3.63) is 23.8 Å². The molecule has 3 heteroatoms. The Hall–Kier alpha value is -0.930. The molecule has 6 atom stereocenters. The average molecular weight is 359 g/mol. The molecule has 3 saturated carbocycles. The number of hydrogen-bond donors (Lipinski definition) is 2. The van der Waals surface area contributed by atoms with E-state index in [0.29, 0.717) is 35.9 Å². The van der Waals surface area contributed by atoms with E-state index < -0.39 is 5.60 Å². The summed E-state index contributed by atoms with van der Waals surface area (Å²) in [7, 11) is 0. The Balaban J connectivity index is 1.58. The number of fused-ring (bicyclic) bond motifs is 5. The lowest BCUT2D eigenvalue weighted by Crippen LogP contribution is -2.53. The molecule has 4 aliphatic carbocycles. The summed E-state index contributed by atoms with van der Waals surface area (Å²) in [5.41, 5.74) is 1.52. The molecule has 144 valence electrons. The first-order chi connectivity index (χ1) is 12.4. The summed E-state index contributed by atoms with van der Waals surface area (Å²) in [6.45, 7) is 6.72. The minimum absolute atomic E-state index is 0.0770. The van der Waals surface area contributed by atoms with Crippen LogP contribution in [0.25, 0.3) is 0 Å². The van der Waals surface area contributed by atoms with Crippen molar-refractivity contribution in [3.8, 4) is 0 Å². The largest absolute Gasteiger partial charge is 0.396 e. The molecule has 26 heavy (non-hydrogen) atoms. The normalized spacial score (nSPS) is 44.7. The average Bonchev–Trinajstić information content (AvgIpc) is 2.91. The number of aliphatic hydroxyl groups excluding tert-OH is 1. The minimum Gasteiger partial charge on any atom is -0.396 e. The number of allylic oxidation sites excluding steroid dienone is 1. The zero-order valence-electron chi connectivity index (χ0n) is 16.2. The van der Waals surface area contributed by atoms with Crippen molar-refractivity contribution in [2.45, 2.75) is 76.7 Å². The molecule has 3 fully saturated rings. The molecular formula is C23H34O3. The molecule has 0 aromatic carbocycles. The van der Waals surface area contributed by atoms with Gasteiger partial charge in [0.15, 0.2) is 5.78 Å². The summed E-state index contributed by atoms with van der Waals surface area (Å²) in [5.74, 6) is 2.89. The van der Waals surface area contributed by atoms with E-state index in [1.54, 1.807) is 0 Å². The van der Waals surface area contributed by atoms with Crippen molar-refractivity contribution in [1.82, 2.24) is 0 Å². The molecule has 0 aromatic rings. The first-order valence-electron chi connectivity index (χ1n) is 10.7. The molecule has 0 spiro atoms. The maximum absolute atomic E-state index is 11.8. The second-order valence-corrected chi connectivity index (χ2v) is 9.59. The number of carbonyl (C=O) groups is 1. The molecule has 0 radical (unpaired) electrons. The zero-order valence-corrected chi connectivity index (χ0v) is 16.2. The molecule has 0 bridgehead atoms. The van der Waals surface area contributed by atoms with Gasteiger partial charge in [-0.15, -0.1) is 0 Å². The van der Waals surface area contributed by atoms with E-state index in [0.717, 1.165) is 50.5 Å². The quantitative estimate of drug-likeness (QED) is 0.741. The number of ketones is 1. The van der Waals surface area contributed by atoms with Crippen molar-refractivity contribution >= 4 is 5.78 Å². The van der Waals surface area contributed by atoms with Crippen molar-refractivity contribution in [2.24, 2.45) is 29.1 Å². The summed E-state index contributed by atoms with van der Waals surface area (Å²) in [6, 6.07) is 0. The van der Waals surface area contributed by atoms with Crippen LogP contribution in [-0.2, 0) is 4.79 Å². The van der Waals surface area contributed by atoms with E-state index in [-0.39, 0.29) is 12.0 Å². The van der Waals surface area contributed by atoms with E-state index >= 15 is 0 Å². The Labute approximate surface area is 157 Å². The highest BCUT2D eigenvalue weighted by Crippen LogP contribution is 2.66. The topological polar surface area (TPSA) is 57.5 Å². The van der Waals surface area contributed by atoms with Crippen LogP contribution in [0.1, 0.15) is 71.1 Å². The maximum Gasteiger partial charge on any atom is 0.155 e. The van der Waals surface area contributed by atoms with Crippen LogP contribution in [-0.4, -0.2) is 28.2 Å². The molecule has 3 nitrogen and oxygen atoms in total. The Morgan fingerprint density at radius 1 is 1.19 bits per heavy atom. The monoisotopic (exact) mass is 358 g/mol. The molecule has 0 amide bonds. The lowest BCUT2D eigenvalue weighted by molar-refractivity contribution is -0.117. The van der Waals surface area contributed by atoms with Gasteiger partial charge >= 0.3 is 0 Å². The third-order valence-corrected chi connectivity index (χ3v) is 8.67. The van der Waals surface area contributed by atoms with Gasteiger partial charge in [-0.05, 0) is 93.1 Å². The smallest absolute Gasteiger partial charge is 0.155 e. The number of carbonyl (C=O) groups excluding carboxylic acids is 1. The second-order valence-electron chi connectivity index (χ2n) is 9.59. The van der Waals surface area contributed by atoms with Gasteiger partial charge in [0.25, 0.3) is 0 Å². The standard InChI is InChI=1S/C23H34O3/c1-15(4-3-13-24)23(26)12-10-21-20-7-5-16-14-17(25)6-8-18(16)19(20)9-11-22(21,23)2/h14,18-21,24,26H,1,3-13H2,2H3/t18-,19+,20+,21-,22-,23+/m0/s1.